The number of nitrogens with two attached hydrogens (primary N) is 1. The molecular formula is C13H15BrN2O2. The summed E-state index contributed by atoms with van der Waals surface area (Å²) in [5.74, 6) is -0.354. The maximum atomic E-state index is 12.3. The quantitative estimate of drug-likeness (QED) is 0.869. The third-order valence-electron chi connectivity index (χ3n) is 3.22. The van der Waals surface area contributed by atoms with E-state index in [2.05, 4.69) is 15.9 Å². The van der Waals surface area contributed by atoms with E-state index in [4.69, 9.17) is 5.73 Å². The zero-order chi connectivity index (χ0) is 13.4. The van der Waals surface area contributed by atoms with Crippen molar-refractivity contribution in [2.45, 2.75) is 19.9 Å². The molecule has 1 unspecified atom stereocenters. The van der Waals surface area contributed by atoms with Crippen molar-refractivity contribution in [1.82, 2.24) is 4.90 Å². The zero-order valence-corrected chi connectivity index (χ0v) is 11.9. The van der Waals surface area contributed by atoms with Crippen molar-refractivity contribution in [1.29, 1.82) is 0 Å². The lowest BCUT2D eigenvalue weighted by atomic mass is 10.0. The number of benzene rings is 1. The van der Waals surface area contributed by atoms with Gasteiger partial charge in [0, 0.05) is 11.0 Å². The van der Waals surface area contributed by atoms with Crippen molar-refractivity contribution in [2.75, 3.05) is 6.54 Å². The molecule has 4 nitrogen and oxygen atoms in total. The van der Waals surface area contributed by atoms with E-state index >= 15 is 0 Å². The highest BCUT2D eigenvalue weighted by Gasteiger charge is 2.40. The number of hydrogen-bond acceptors (Lipinski definition) is 3. The van der Waals surface area contributed by atoms with E-state index in [1.165, 1.54) is 4.90 Å². The predicted octanol–water partition coefficient (Wildman–Crippen LogP) is 2.03. The molecule has 1 aliphatic rings. The first-order valence-electron chi connectivity index (χ1n) is 5.85. The van der Waals surface area contributed by atoms with Crippen LogP contribution in [0.3, 0.4) is 0 Å². The van der Waals surface area contributed by atoms with Gasteiger partial charge in [-0.05, 0) is 24.1 Å². The minimum absolute atomic E-state index is 0.139. The number of halogens is 1. The third kappa shape index (κ3) is 1.97. The Kier molecular flexibility index (Phi) is 3.54. The Balaban J connectivity index is 2.45. The molecule has 2 rings (SSSR count). The average Bonchev–Trinajstić information content (AvgIpc) is 2.55. The number of carbonyl (C=O) groups is 2. The lowest BCUT2D eigenvalue weighted by molar-refractivity contribution is 0.0548. The number of imide groups is 1. The van der Waals surface area contributed by atoms with Gasteiger partial charge in [-0.1, -0.05) is 29.8 Å². The van der Waals surface area contributed by atoms with Crippen LogP contribution in [0.2, 0.25) is 0 Å². The molecule has 0 radical (unpaired) electrons. The minimum atomic E-state index is -0.254. The van der Waals surface area contributed by atoms with E-state index < -0.39 is 0 Å². The van der Waals surface area contributed by atoms with E-state index in [1.807, 2.05) is 13.8 Å². The van der Waals surface area contributed by atoms with Crippen LogP contribution in [0.25, 0.3) is 0 Å². The van der Waals surface area contributed by atoms with E-state index in [0.29, 0.717) is 11.1 Å². The number of hydrogen-bond donors (Lipinski definition) is 1. The summed E-state index contributed by atoms with van der Waals surface area (Å²) in [4.78, 5) is 25.8. The van der Waals surface area contributed by atoms with Crippen molar-refractivity contribution in [3.8, 4) is 0 Å². The molecule has 2 N–H and O–H groups in total. The fourth-order valence-electron chi connectivity index (χ4n) is 2.21. The van der Waals surface area contributed by atoms with Crippen LogP contribution in [-0.2, 0) is 0 Å². The summed E-state index contributed by atoms with van der Waals surface area (Å²) in [6.07, 6.45) is 0. The Morgan fingerprint density at radius 1 is 1.22 bits per heavy atom. The summed E-state index contributed by atoms with van der Waals surface area (Å²) in [5, 5.41) is 0. The summed E-state index contributed by atoms with van der Waals surface area (Å²) in [6.45, 7) is 4.19. The van der Waals surface area contributed by atoms with Gasteiger partial charge in [0.2, 0.25) is 0 Å². The molecular weight excluding hydrogens is 296 g/mol. The van der Waals surface area contributed by atoms with Gasteiger partial charge in [-0.15, -0.1) is 0 Å². The summed E-state index contributed by atoms with van der Waals surface area (Å²) in [6, 6.07) is 4.87. The Hall–Kier alpha value is -1.20. The van der Waals surface area contributed by atoms with Gasteiger partial charge in [0.15, 0.2) is 0 Å². The maximum Gasteiger partial charge on any atom is 0.261 e. The SMILES string of the molecule is CC(C)C(CN)N1C(=O)c2ccc(Br)cc2C1=O. The zero-order valence-electron chi connectivity index (χ0n) is 10.3. The van der Waals surface area contributed by atoms with Gasteiger partial charge in [0.1, 0.15) is 0 Å². The highest BCUT2D eigenvalue weighted by molar-refractivity contribution is 9.10. The van der Waals surface area contributed by atoms with Crippen molar-refractivity contribution < 1.29 is 9.59 Å². The Bertz CT molecular complexity index is 514. The van der Waals surface area contributed by atoms with E-state index in [9.17, 15) is 9.59 Å². The van der Waals surface area contributed by atoms with Crippen molar-refractivity contribution in [3.63, 3.8) is 0 Å². The third-order valence-corrected chi connectivity index (χ3v) is 3.72. The van der Waals surface area contributed by atoms with Crippen LogP contribution in [0.5, 0.6) is 0 Å². The fourth-order valence-corrected chi connectivity index (χ4v) is 2.57. The molecule has 18 heavy (non-hydrogen) atoms. The van der Waals surface area contributed by atoms with Crippen LogP contribution >= 0.6 is 15.9 Å². The fraction of sp³-hybridized carbons (Fsp3) is 0.385. The number of rotatable bonds is 3. The van der Waals surface area contributed by atoms with Crippen molar-refractivity contribution in [3.05, 3.63) is 33.8 Å². The molecule has 96 valence electrons. The lowest BCUT2D eigenvalue weighted by Crippen LogP contribution is -2.47. The number of fused-ring (bicyclic) bond motifs is 1. The van der Waals surface area contributed by atoms with Gasteiger partial charge in [-0.25, -0.2) is 0 Å². The van der Waals surface area contributed by atoms with Crippen molar-refractivity contribution >= 4 is 27.7 Å². The first kappa shape index (κ1) is 13.2. The van der Waals surface area contributed by atoms with Gasteiger partial charge >= 0.3 is 0 Å². The summed E-state index contributed by atoms with van der Waals surface area (Å²) >= 11 is 3.31. The molecule has 0 spiro atoms. The minimum Gasteiger partial charge on any atom is -0.328 e. The second-order valence-electron chi connectivity index (χ2n) is 4.72. The molecule has 0 saturated heterocycles. The maximum absolute atomic E-state index is 12.3. The molecule has 1 aliphatic heterocycles. The molecule has 1 heterocycles. The number of carbonyl (C=O) groups excluding carboxylic acids is 2. The van der Waals surface area contributed by atoms with E-state index in [1.54, 1.807) is 18.2 Å². The Morgan fingerprint density at radius 3 is 2.39 bits per heavy atom. The second kappa shape index (κ2) is 4.82. The smallest absolute Gasteiger partial charge is 0.261 e. The molecule has 1 aromatic rings. The van der Waals surface area contributed by atoms with Crippen LogP contribution in [0, 0.1) is 5.92 Å². The van der Waals surface area contributed by atoms with E-state index in [-0.39, 0.29) is 30.3 Å². The highest BCUT2D eigenvalue weighted by atomic mass is 79.9. The molecule has 5 heteroatoms. The molecule has 1 atom stereocenters. The number of nitrogens with zero attached hydrogens (tertiary/aromatic N) is 1. The topological polar surface area (TPSA) is 63.4 Å². The lowest BCUT2D eigenvalue weighted by Gasteiger charge is -2.28. The predicted molar refractivity (Wildman–Crippen MR) is 72.3 cm³/mol. The average molecular weight is 311 g/mol. The largest absolute Gasteiger partial charge is 0.328 e. The van der Waals surface area contributed by atoms with Gasteiger partial charge in [0.25, 0.3) is 11.8 Å². The summed E-state index contributed by atoms with van der Waals surface area (Å²) in [5.41, 5.74) is 6.60. The molecule has 0 aliphatic carbocycles. The van der Waals surface area contributed by atoms with Crippen LogP contribution in [0.4, 0.5) is 0 Å². The molecule has 2 amide bonds. The summed E-state index contributed by atoms with van der Waals surface area (Å²) in [7, 11) is 0. The van der Waals surface area contributed by atoms with E-state index in [0.717, 1.165) is 4.47 Å². The normalized spacial score (nSPS) is 16.4. The standard InChI is InChI=1S/C13H15BrN2O2/c1-7(2)11(6-15)16-12(17)9-4-3-8(14)5-10(9)13(16)18/h3-5,7,11H,6,15H2,1-2H3. The monoisotopic (exact) mass is 310 g/mol. The molecule has 0 aromatic heterocycles. The summed E-state index contributed by atoms with van der Waals surface area (Å²) < 4.78 is 0.790. The van der Waals surface area contributed by atoms with Gasteiger partial charge < -0.3 is 5.73 Å². The molecule has 0 fully saturated rings. The van der Waals surface area contributed by atoms with Gasteiger partial charge in [-0.3, -0.25) is 14.5 Å². The second-order valence-corrected chi connectivity index (χ2v) is 5.63. The molecule has 0 saturated carbocycles. The first-order chi connectivity index (χ1) is 8.47. The number of amides is 2. The Labute approximate surface area is 114 Å². The molecule has 1 aromatic carbocycles. The highest BCUT2D eigenvalue weighted by Crippen LogP contribution is 2.28. The first-order valence-corrected chi connectivity index (χ1v) is 6.64. The van der Waals surface area contributed by atoms with Crippen LogP contribution in [-0.4, -0.2) is 29.3 Å². The van der Waals surface area contributed by atoms with Gasteiger partial charge in [0.05, 0.1) is 17.2 Å². The van der Waals surface area contributed by atoms with Crippen LogP contribution in [0.1, 0.15) is 34.6 Å². The van der Waals surface area contributed by atoms with Gasteiger partial charge in [-0.2, -0.15) is 0 Å². The Morgan fingerprint density at radius 2 is 1.83 bits per heavy atom. The van der Waals surface area contributed by atoms with Crippen LogP contribution in [0.15, 0.2) is 22.7 Å². The van der Waals surface area contributed by atoms with Crippen molar-refractivity contribution in [2.24, 2.45) is 11.7 Å². The molecule has 0 bridgehead atoms. The van der Waals surface area contributed by atoms with Crippen LogP contribution < -0.4 is 5.73 Å².